The summed E-state index contributed by atoms with van der Waals surface area (Å²) in [5.41, 5.74) is -0.388. The van der Waals surface area contributed by atoms with Gasteiger partial charge >= 0.3 is 6.36 Å². The Morgan fingerprint density at radius 3 is 2.35 bits per heavy atom. The van der Waals surface area contributed by atoms with E-state index in [2.05, 4.69) is 9.72 Å². The van der Waals surface area contributed by atoms with Crippen molar-refractivity contribution >= 4 is 5.78 Å². The molecular formula is C13H7F4NO2. The molecule has 0 aliphatic rings. The summed E-state index contributed by atoms with van der Waals surface area (Å²) in [4.78, 5) is 15.7. The summed E-state index contributed by atoms with van der Waals surface area (Å²) in [6, 6.07) is 4.92. The third kappa shape index (κ3) is 3.31. The van der Waals surface area contributed by atoms with Crippen LogP contribution in [-0.4, -0.2) is 17.1 Å². The summed E-state index contributed by atoms with van der Waals surface area (Å²) in [6.07, 6.45) is -2.27. The van der Waals surface area contributed by atoms with Gasteiger partial charge in [0.2, 0.25) is 0 Å². The Balaban J connectivity index is 2.36. The number of benzene rings is 1. The zero-order valence-corrected chi connectivity index (χ0v) is 9.82. The van der Waals surface area contributed by atoms with Crippen LogP contribution in [0.4, 0.5) is 17.6 Å². The summed E-state index contributed by atoms with van der Waals surface area (Å²) >= 11 is 0. The molecular weight excluding hydrogens is 278 g/mol. The Bertz CT molecular complexity index is 626. The molecule has 1 aromatic carbocycles. The highest BCUT2D eigenvalue weighted by Crippen LogP contribution is 2.25. The maximum absolute atomic E-state index is 13.6. The summed E-state index contributed by atoms with van der Waals surface area (Å²) in [5, 5.41) is 0. The molecule has 0 aliphatic heterocycles. The lowest BCUT2D eigenvalue weighted by Crippen LogP contribution is -2.17. The van der Waals surface area contributed by atoms with Crippen LogP contribution >= 0.6 is 0 Å². The third-order valence-corrected chi connectivity index (χ3v) is 2.36. The minimum absolute atomic E-state index is 0.114. The number of halogens is 4. The zero-order chi connectivity index (χ0) is 14.8. The van der Waals surface area contributed by atoms with Gasteiger partial charge in [-0.25, -0.2) is 4.39 Å². The van der Waals surface area contributed by atoms with Crippen LogP contribution in [0.2, 0.25) is 0 Å². The summed E-state index contributed by atoms with van der Waals surface area (Å²) < 4.78 is 53.5. The number of rotatable bonds is 3. The SMILES string of the molecule is O=C(c1ccncc1)c1cc(OC(F)(F)F)ccc1F. The fourth-order valence-corrected chi connectivity index (χ4v) is 1.53. The molecule has 0 spiro atoms. The van der Waals surface area contributed by atoms with Crippen LogP contribution in [-0.2, 0) is 0 Å². The minimum atomic E-state index is -4.91. The molecule has 1 aromatic heterocycles. The van der Waals surface area contributed by atoms with Gasteiger partial charge in [-0.05, 0) is 30.3 Å². The second-order valence-corrected chi connectivity index (χ2v) is 3.75. The first kappa shape index (κ1) is 14.0. The van der Waals surface area contributed by atoms with E-state index in [1.54, 1.807) is 0 Å². The molecule has 0 unspecified atom stereocenters. The van der Waals surface area contributed by atoms with E-state index in [0.717, 1.165) is 12.1 Å². The van der Waals surface area contributed by atoms with E-state index < -0.39 is 29.3 Å². The molecule has 7 heteroatoms. The molecule has 104 valence electrons. The second kappa shape index (κ2) is 5.28. The van der Waals surface area contributed by atoms with E-state index in [1.165, 1.54) is 24.5 Å². The van der Waals surface area contributed by atoms with Gasteiger partial charge in [0.25, 0.3) is 0 Å². The number of alkyl halides is 3. The maximum Gasteiger partial charge on any atom is 0.573 e. The van der Waals surface area contributed by atoms with Crippen molar-refractivity contribution in [3.05, 3.63) is 59.7 Å². The van der Waals surface area contributed by atoms with E-state index in [-0.39, 0.29) is 5.56 Å². The average molecular weight is 285 g/mol. The lowest BCUT2D eigenvalue weighted by molar-refractivity contribution is -0.274. The number of nitrogens with zero attached hydrogens (tertiary/aromatic N) is 1. The molecule has 0 saturated carbocycles. The predicted molar refractivity (Wildman–Crippen MR) is 60.8 cm³/mol. The number of hydrogen-bond donors (Lipinski definition) is 0. The van der Waals surface area contributed by atoms with E-state index in [4.69, 9.17) is 0 Å². The number of ketones is 1. The number of ether oxygens (including phenoxy) is 1. The Labute approximate surface area is 110 Å². The van der Waals surface area contributed by atoms with Gasteiger partial charge in [0.1, 0.15) is 11.6 Å². The molecule has 0 amide bonds. The van der Waals surface area contributed by atoms with Gasteiger partial charge in [-0.3, -0.25) is 9.78 Å². The molecule has 0 N–H and O–H groups in total. The van der Waals surface area contributed by atoms with Crippen molar-refractivity contribution in [1.82, 2.24) is 4.98 Å². The smallest absolute Gasteiger partial charge is 0.406 e. The van der Waals surface area contributed by atoms with Crippen molar-refractivity contribution in [3.8, 4) is 5.75 Å². The first-order valence-electron chi connectivity index (χ1n) is 5.37. The molecule has 1 heterocycles. The number of pyridine rings is 1. The quantitative estimate of drug-likeness (QED) is 0.641. The lowest BCUT2D eigenvalue weighted by Gasteiger charge is -2.10. The van der Waals surface area contributed by atoms with Gasteiger partial charge in [0.15, 0.2) is 5.78 Å². The van der Waals surface area contributed by atoms with E-state index in [1.807, 2.05) is 0 Å². The number of hydrogen-bond acceptors (Lipinski definition) is 3. The van der Waals surface area contributed by atoms with E-state index in [0.29, 0.717) is 6.07 Å². The monoisotopic (exact) mass is 285 g/mol. The zero-order valence-electron chi connectivity index (χ0n) is 9.82. The Hall–Kier alpha value is -2.44. The normalized spacial score (nSPS) is 11.2. The summed E-state index contributed by atoms with van der Waals surface area (Å²) in [7, 11) is 0. The molecule has 3 nitrogen and oxygen atoms in total. The molecule has 0 saturated heterocycles. The standard InChI is InChI=1S/C13H7F4NO2/c14-11-2-1-9(20-13(15,16)17)7-10(11)12(19)8-3-5-18-6-4-8/h1-7H. The topological polar surface area (TPSA) is 39.2 Å². The van der Waals surface area contributed by atoms with Gasteiger partial charge in [-0.2, -0.15) is 0 Å². The van der Waals surface area contributed by atoms with Crippen LogP contribution in [0.15, 0.2) is 42.7 Å². The molecule has 0 bridgehead atoms. The number of carbonyl (C=O) groups excluding carboxylic acids is 1. The van der Waals surface area contributed by atoms with Crippen molar-refractivity contribution in [3.63, 3.8) is 0 Å². The number of aromatic nitrogens is 1. The Kier molecular flexibility index (Phi) is 3.69. The molecule has 0 aliphatic carbocycles. The van der Waals surface area contributed by atoms with Crippen LogP contribution in [0.3, 0.4) is 0 Å². The van der Waals surface area contributed by atoms with Crippen molar-refractivity contribution in [2.24, 2.45) is 0 Å². The van der Waals surface area contributed by atoms with Gasteiger partial charge in [-0.1, -0.05) is 0 Å². The van der Waals surface area contributed by atoms with Crippen molar-refractivity contribution in [2.45, 2.75) is 6.36 Å². The number of carbonyl (C=O) groups is 1. The van der Waals surface area contributed by atoms with E-state index in [9.17, 15) is 22.4 Å². The maximum atomic E-state index is 13.6. The van der Waals surface area contributed by atoms with Crippen molar-refractivity contribution in [1.29, 1.82) is 0 Å². The molecule has 2 rings (SSSR count). The van der Waals surface area contributed by atoms with Crippen molar-refractivity contribution in [2.75, 3.05) is 0 Å². The molecule has 0 atom stereocenters. The van der Waals surface area contributed by atoms with Gasteiger partial charge in [0.05, 0.1) is 5.56 Å². The van der Waals surface area contributed by atoms with Crippen molar-refractivity contribution < 1.29 is 27.1 Å². The van der Waals surface area contributed by atoms with Gasteiger partial charge in [-0.15, -0.1) is 13.2 Å². The highest BCUT2D eigenvalue weighted by Gasteiger charge is 2.31. The van der Waals surface area contributed by atoms with E-state index >= 15 is 0 Å². The average Bonchev–Trinajstić information content (AvgIpc) is 2.40. The molecule has 20 heavy (non-hydrogen) atoms. The van der Waals surface area contributed by atoms with Gasteiger partial charge < -0.3 is 4.74 Å². The van der Waals surface area contributed by atoms with Crippen LogP contribution in [0.25, 0.3) is 0 Å². The fraction of sp³-hybridized carbons (Fsp3) is 0.0769. The Morgan fingerprint density at radius 2 is 1.75 bits per heavy atom. The third-order valence-electron chi connectivity index (χ3n) is 2.36. The van der Waals surface area contributed by atoms with Crippen LogP contribution in [0, 0.1) is 5.82 Å². The van der Waals surface area contributed by atoms with Crippen LogP contribution < -0.4 is 4.74 Å². The minimum Gasteiger partial charge on any atom is -0.406 e. The molecule has 2 aromatic rings. The Morgan fingerprint density at radius 1 is 1.10 bits per heavy atom. The molecule has 0 fully saturated rings. The van der Waals surface area contributed by atoms with Gasteiger partial charge in [0, 0.05) is 18.0 Å². The highest BCUT2D eigenvalue weighted by atomic mass is 19.4. The fourth-order valence-electron chi connectivity index (χ4n) is 1.53. The first-order valence-corrected chi connectivity index (χ1v) is 5.37. The predicted octanol–water partition coefficient (Wildman–Crippen LogP) is 3.35. The summed E-state index contributed by atoms with van der Waals surface area (Å²) in [6.45, 7) is 0. The highest BCUT2D eigenvalue weighted by molar-refractivity contribution is 6.09. The van der Waals surface area contributed by atoms with Crippen LogP contribution in [0.5, 0.6) is 5.75 Å². The lowest BCUT2D eigenvalue weighted by atomic mass is 10.0. The second-order valence-electron chi connectivity index (χ2n) is 3.75. The largest absolute Gasteiger partial charge is 0.573 e. The molecule has 0 radical (unpaired) electrons. The first-order chi connectivity index (χ1) is 9.37. The summed E-state index contributed by atoms with van der Waals surface area (Å²) in [5.74, 6) is -2.34. The van der Waals surface area contributed by atoms with Crippen LogP contribution in [0.1, 0.15) is 15.9 Å².